The van der Waals surface area contributed by atoms with E-state index in [1.807, 2.05) is 0 Å². The molecule has 0 saturated carbocycles. The molecular formula is C7H12S. The van der Waals surface area contributed by atoms with Crippen LogP contribution in [0.25, 0.3) is 0 Å². The van der Waals surface area contributed by atoms with Gasteiger partial charge in [0.05, 0.1) is 0 Å². The lowest BCUT2D eigenvalue weighted by molar-refractivity contribution is 0.446. The van der Waals surface area contributed by atoms with E-state index >= 15 is 0 Å². The van der Waals surface area contributed by atoms with Crippen molar-refractivity contribution in [3.8, 4) is 0 Å². The van der Waals surface area contributed by atoms with Crippen molar-refractivity contribution in [1.82, 2.24) is 0 Å². The van der Waals surface area contributed by atoms with Crippen molar-refractivity contribution in [2.75, 3.05) is 0 Å². The van der Waals surface area contributed by atoms with Crippen LogP contribution in [0.4, 0.5) is 0 Å². The van der Waals surface area contributed by atoms with Gasteiger partial charge in [-0.15, -0.1) is 0 Å². The fraction of sp³-hybridized carbons (Fsp3) is 1.00. The van der Waals surface area contributed by atoms with Crippen molar-refractivity contribution in [2.24, 2.45) is 5.92 Å². The van der Waals surface area contributed by atoms with E-state index in [2.05, 4.69) is 18.7 Å². The maximum atomic E-state index is 2.40. The third-order valence-electron chi connectivity index (χ3n) is 2.41. The van der Waals surface area contributed by atoms with Gasteiger partial charge >= 0.3 is 0 Å². The van der Waals surface area contributed by atoms with E-state index in [0.717, 1.165) is 16.4 Å². The summed E-state index contributed by atoms with van der Waals surface area (Å²) in [6, 6.07) is 0. The van der Waals surface area contributed by atoms with Crippen LogP contribution in [0.3, 0.4) is 0 Å². The molecule has 2 aliphatic heterocycles. The second-order valence-electron chi connectivity index (χ2n) is 3.09. The van der Waals surface area contributed by atoms with Gasteiger partial charge in [-0.3, -0.25) is 0 Å². The van der Waals surface area contributed by atoms with Gasteiger partial charge < -0.3 is 0 Å². The summed E-state index contributed by atoms with van der Waals surface area (Å²) < 4.78 is 0. The van der Waals surface area contributed by atoms with Gasteiger partial charge in [0.25, 0.3) is 0 Å². The van der Waals surface area contributed by atoms with Gasteiger partial charge in [0.15, 0.2) is 0 Å². The molecular weight excluding hydrogens is 116 g/mol. The number of thioether (sulfide) groups is 1. The molecule has 2 unspecified atom stereocenters. The molecule has 2 heterocycles. The highest BCUT2D eigenvalue weighted by Crippen LogP contribution is 2.48. The molecule has 0 spiro atoms. The number of fused-ring (bicyclic) bond motifs is 2. The highest BCUT2D eigenvalue weighted by Gasteiger charge is 2.37. The zero-order chi connectivity index (χ0) is 5.56. The van der Waals surface area contributed by atoms with E-state index in [4.69, 9.17) is 0 Å². The average Bonchev–Trinajstić information content (AvgIpc) is 2.23. The van der Waals surface area contributed by atoms with Crippen LogP contribution in [0.2, 0.25) is 0 Å². The van der Waals surface area contributed by atoms with Crippen molar-refractivity contribution in [2.45, 2.75) is 36.7 Å². The van der Waals surface area contributed by atoms with Gasteiger partial charge in [-0.05, 0) is 25.2 Å². The molecule has 0 aliphatic carbocycles. The van der Waals surface area contributed by atoms with Gasteiger partial charge in [0, 0.05) is 10.5 Å². The van der Waals surface area contributed by atoms with Crippen LogP contribution in [0.1, 0.15) is 26.2 Å². The predicted octanol–water partition coefficient (Wildman–Crippen LogP) is 2.29. The molecule has 0 amide bonds. The molecule has 0 N–H and O–H groups in total. The summed E-state index contributed by atoms with van der Waals surface area (Å²) in [7, 11) is 0. The Bertz CT molecular complexity index is 98.6. The van der Waals surface area contributed by atoms with Crippen molar-refractivity contribution in [3.63, 3.8) is 0 Å². The molecule has 8 heavy (non-hydrogen) atoms. The summed E-state index contributed by atoms with van der Waals surface area (Å²) in [5.41, 5.74) is 0. The summed E-state index contributed by atoms with van der Waals surface area (Å²) in [6.07, 6.45) is 4.53. The van der Waals surface area contributed by atoms with Gasteiger partial charge in [-0.25, -0.2) is 0 Å². The minimum Gasteiger partial charge on any atom is -0.155 e. The molecule has 2 saturated heterocycles. The van der Waals surface area contributed by atoms with Crippen molar-refractivity contribution in [1.29, 1.82) is 0 Å². The fourth-order valence-electron chi connectivity index (χ4n) is 1.89. The Labute approximate surface area is 55.0 Å². The molecule has 2 bridgehead atoms. The van der Waals surface area contributed by atoms with Gasteiger partial charge in [0.2, 0.25) is 0 Å². The van der Waals surface area contributed by atoms with Gasteiger partial charge in [-0.1, -0.05) is 6.92 Å². The Hall–Kier alpha value is 0.350. The van der Waals surface area contributed by atoms with E-state index in [9.17, 15) is 0 Å². The van der Waals surface area contributed by atoms with E-state index in [0.29, 0.717) is 0 Å². The van der Waals surface area contributed by atoms with Crippen molar-refractivity contribution in [3.05, 3.63) is 0 Å². The first kappa shape index (κ1) is 5.16. The zero-order valence-corrected chi connectivity index (χ0v) is 6.08. The first-order valence-electron chi connectivity index (χ1n) is 3.52. The summed E-state index contributed by atoms with van der Waals surface area (Å²) in [6.45, 7) is 2.40. The maximum absolute atomic E-state index is 2.40. The molecule has 46 valence electrons. The molecule has 0 aromatic carbocycles. The quantitative estimate of drug-likeness (QED) is 0.482. The molecule has 2 rings (SSSR count). The molecule has 1 heteroatoms. The normalized spacial score (nSPS) is 52.9. The van der Waals surface area contributed by atoms with E-state index in [1.54, 1.807) is 0 Å². The summed E-state index contributed by atoms with van der Waals surface area (Å²) in [5.74, 6) is 1.04. The lowest BCUT2D eigenvalue weighted by Gasteiger charge is -2.13. The van der Waals surface area contributed by atoms with Crippen LogP contribution in [0.15, 0.2) is 0 Å². The molecule has 3 atom stereocenters. The van der Waals surface area contributed by atoms with E-state index in [-0.39, 0.29) is 0 Å². The average molecular weight is 128 g/mol. The molecule has 0 nitrogen and oxygen atoms in total. The predicted molar refractivity (Wildman–Crippen MR) is 38.2 cm³/mol. The Kier molecular flexibility index (Phi) is 1.07. The first-order chi connectivity index (χ1) is 3.86. The Morgan fingerprint density at radius 1 is 1.38 bits per heavy atom. The minimum atomic E-state index is 1.04. The van der Waals surface area contributed by atoms with Crippen LogP contribution in [0.5, 0.6) is 0 Å². The third kappa shape index (κ3) is 0.604. The molecule has 2 fully saturated rings. The lowest BCUT2D eigenvalue weighted by Crippen LogP contribution is -2.11. The monoisotopic (exact) mass is 128 g/mol. The molecule has 0 radical (unpaired) electrons. The first-order valence-corrected chi connectivity index (χ1v) is 4.46. The molecule has 2 aliphatic rings. The standard InChI is InChI=1S/C7H12S/c1-5-4-6-2-3-7(5)8-6/h5-7H,2-4H2,1H3/t5-,6?,7?/m0/s1. The maximum Gasteiger partial charge on any atom is 0.00762 e. The highest BCUT2D eigenvalue weighted by molar-refractivity contribution is 8.01. The Morgan fingerprint density at radius 2 is 2.25 bits per heavy atom. The number of hydrogen-bond acceptors (Lipinski definition) is 1. The summed E-state index contributed by atoms with van der Waals surface area (Å²) in [5, 5.41) is 2.12. The summed E-state index contributed by atoms with van der Waals surface area (Å²) in [4.78, 5) is 0. The number of hydrogen-bond donors (Lipinski definition) is 0. The Morgan fingerprint density at radius 3 is 2.50 bits per heavy atom. The van der Waals surface area contributed by atoms with Crippen LogP contribution in [-0.4, -0.2) is 10.5 Å². The zero-order valence-electron chi connectivity index (χ0n) is 5.26. The third-order valence-corrected chi connectivity index (χ3v) is 4.27. The van der Waals surface area contributed by atoms with Crippen LogP contribution in [-0.2, 0) is 0 Å². The topological polar surface area (TPSA) is 0 Å². The Balaban J connectivity index is 2.11. The van der Waals surface area contributed by atoms with E-state index < -0.39 is 0 Å². The summed E-state index contributed by atoms with van der Waals surface area (Å²) >= 11 is 2.24. The van der Waals surface area contributed by atoms with E-state index in [1.165, 1.54) is 19.3 Å². The van der Waals surface area contributed by atoms with Crippen molar-refractivity contribution >= 4 is 11.8 Å². The lowest BCUT2D eigenvalue weighted by atomic mass is 9.91. The van der Waals surface area contributed by atoms with Gasteiger partial charge in [-0.2, -0.15) is 11.8 Å². The second-order valence-corrected chi connectivity index (χ2v) is 4.63. The molecule has 0 aromatic heterocycles. The minimum absolute atomic E-state index is 1.04. The smallest absolute Gasteiger partial charge is 0.00762 e. The highest BCUT2D eigenvalue weighted by atomic mass is 32.2. The van der Waals surface area contributed by atoms with Crippen LogP contribution in [0, 0.1) is 5.92 Å². The largest absolute Gasteiger partial charge is 0.155 e. The number of rotatable bonds is 0. The van der Waals surface area contributed by atoms with Crippen molar-refractivity contribution < 1.29 is 0 Å². The molecule has 0 aromatic rings. The van der Waals surface area contributed by atoms with Crippen LogP contribution < -0.4 is 0 Å². The SMILES string of the molecule is C[C@H]1CC2CCC1S2. The fourth-order valence-corrected chi connectivity index (χ4v) is 3.72. The van der Waals surface area contributed by atoms with Gasteiger partial charge in [0.1, 0.15) is 0 Å². The second kappa shape index (κ2) is 1.66. The van der Waals surface area contributed by atoms with Crippen LogP contribution >= 0.6 is 11.8 Å².